The summed E-state index contributed by atoms with van der Waals surface area (Å²) in [6.07, 6.45) is 2.06. The molecule has 0 bridgehead atoms. The fourth-order valence-electron chi connectivity index (χ4n) is 2.61. The van der Waals surface area contributed by atoms with Crippen molar-refractivity contribution in [1.82, 2.24) is 10.6 Å². The number of carbonyl (C=O) groups is 1. The van der Waals surface area contributed by atoms with E-state index in [-0.39, 0.29) is 11.3 Å². The second kappa shape index (κ2) is 7.20. The van der Waals surface area contributed by atoms with Crippen molar-refractivity contribution in [3.63, 3.8) is 0 Å². The van der Waals surface area contributed by atoms with Crippen LogP contribution in [0.4, 0.5) is 0 Å². The summed E-state index contributed by atoms with van der Waals surface area (Å²) in [4.78, 5) is 12.2. The van der Waals surface area contributed by atoms with Gasteiger partial charge < -0.3 is 15.4 Å². The molecule has 0 aliphatic carbocycles. The van der Waals surface area contributed by atoms with E-state index in [0.717, 1.165) is 30.4 Å². The standard InChI is InChI=1S/C15H21BrN2O2/c1-20-11-15(6-8-17-9-7-15)10-18-14(19)12-2-4-13(16)5-3-12/h2-5,17H,6-11H2,1H3,(H,18,19). The molecule has 0 spiro atoms. The number of hydrogen-bond acceptors (Lipinski definition) is 3. The molecule has 1 saturated heterocycles. The van der Waals surface area contributed by atoms with Crippen molar-refractivity contribution < 1.29 is 9.53 Å². The Labute approximate surface area is 128 Å². The van der Waals surface area contributed by atoms with Crippen molar-refractivity contribution in [3.8, 4) is 0 Å². The maximum absolute atomic E-state index is 12.2. The van der Waals surface area contributed by atoms with Gasteiger partial charge in [0.15, 0.2) is 0 Å². The molecule has 0 atom stereocenters. The predicted octanol–water partition coefficient (Wildman–Crippen LogP) is 2.20. The monoisotopic (exact) mass is 340 g/mol. The van der Waals surface area contributed by atoms with Gasteiger partial charge in [-0.15, -0.1) is 0 Å². The number of amides is 1. The lowest BCUT2D eigenvalue weighted by atomic mass is 9.79. The van der Waals surface area contributed by atoms with Gasteiger partial charge >= 0.3 is 0 Å². The molecular formula is C15H21BrN2O2. The Morgan fingerprint density at radius 1 is 1.35 bits per heavy atom. The van der Waals surface area contributed by atoms with Gasteiger partial charge in [-0.2, -0.15) is 0 Å². The largest absolute Gasteiger partial charge is 0.384 e. The van der Waals surface area contributed by atoms with Crippen LogP contribution in [0.15, 0.2) is 28.7 Å². The number of halogens is 1. The van der Waals surface area contributed by atoms with Crippen LogP contribution in [-0.4, -0.2) is 39.3 Å². The summed E-state index contributed by atoms with van der Waals surface area (Å²) >= 11 is 3.37. The van der Waals surface area contributed by atoms with Crippen molar-refractivity contribution in [2.24, 2.45) is 5.41 Å². The summed E-state index contributed by atoms with van der Waals surface area (Å²) < 4.78 is 6.33. The van der Waals surface area contributed by atoms with Crippen molar-refractivity contribution in [2.75, 3.05) is 33.4 Å². The number of piperidine rings is 1. The maximum atomic E-state index is 12.2. The third-order valence-corrected chi connectivity index (χ3v) is 4.37. The first-order chi connectivity index (χ1) is 9.65. The molecule has 110 valence electrons. The first-order valence-corrected chi connectivity index (χ1v) is 7.68. The third kappa shape index (κ3) is 4.04. The normalized spacial score (nSPS) is 17.7. The summed E-state index contributed by atoms with van der Waals surface area (Å²) in [5.41, 5.74) is 0.750. The van der Waals surface area contributed by atoms with E-state index in [1.165, 1.54) is 0 Å². The second-order valence-electron chi connectivity index (χ2n) is 5.37. The van der Waals surface area contributed by atoms with Crippen LogP contribution in [0.1, 0.15) is 23.2 Å². The molecule has 1 aliphatic heterocycles. The van der Waals surface area contributed by atoms with E-state index >= 15 is 0 Å². The first kappa shape index (κ1) is 15.5. The summed E-state index contributed by atoms with van der Waals surface area (Å²) in [5, 5.41) is 6.40. The quantitative estimate of drug-likeness (QED) is 0.863. The molecule has 0 saturated carbocycles. The molecule has 2 N–H and O–H groups in total. The number of rotatable bonds is 5. The summed E-state index contributed by atoms with van der Waals surface area (Å²) in [5.74, 6) is -0.0217. The van der Waals surface area contributed by atoms with Gasteiger partial charge in [0.1, 0.15) is 0 Å². The number of nitrogens with one attached hydrogen (secondary N) is 2. The van der Waals surface area contributed by atoms with Crippen molar-refractivity contribution in [1.29, 1.82) is 0 Å². The third-order valence-electron chi connectivity index (χ3n) is 3.85. The Morgan fingerprint density at radius 2 is 2.00 bits per heavy atom. The molecule has 1 aromatic rings. The predicted molar refractivity (Wildman–Crippen MR) is 82.9 cm³/mol. The van der Waals surface area contributed by atoms with E-state index in [4.69, 9.17) is 4.74 Å². The molecule has 0 aromatic heterocycles. The van der Waals surface area contributed by atoms with Crippen LogP contribution in [-0.2, 0) is 4.74 Å². The van der Waals surface area contributed by atoms with E-state index < -0.39 is 0 Å². The molecule has 5 heteroatoms. The molecule has 1 heterocycles. The fourth-order valence-corrected chi connectivity index (χ4v) is 2.87. The Morgan fingerprint density at radius 3 is 2.60 bits per heavy atom. The Balaban J connectivity index is 1.94. The minimum Gasteiger partial charge on any atom is -0.384 e. The van der Waals surface area contributed by atoms with Gasteiger partial charge in [-0.05, 0) is 50.2 Å². The Kier molecular flexibility index (Phi) is 5.57. The maximum Gasteiger partial charge on any atom is 0.251 e. The van der Waals surface area contributed by atoms with E-state index in [0.29, 0.717) is 18.7 Å². The van der Waals surface area contributed by atoms with E-state index in [2.05, 4.69) is 26.6 Å². The lowest BCUT2D eigenvalue weighted by molar-refractivity contribution is 0.0512. The van der Waals surface area contributed by atoms with Gasteiger partial charge in [0, 0.05) is 29.1 Å². The molecule has 1 fully saturated rings. The molecule has 0 unspecified atom stereocenters. The van der Waals surface area contributed by atoms with Crippen LogP contribution < -0.4 is 10.6 Å². The summed E-state index contributed by atoms with van der Waals surface area (Å²) in [7, 11) is 1.72. The minimum atomic E-state index is -0.0217. The molecule has 1 aliphatic rings. The number of ether oxygens (including phenoxy) is 1. The van der Waals surface area contributed by atoms with E-state index in [1.54, 1.807) is 7.11 Å². The molecular weight excluding hydrogens is 320 g/mol. The fraction of sp³-hybridized carbons (Fsp3) is 0.533. The summed E-state index contributed by atoms with van der Waals surface area (Å²) in [6, 6.07) is 7.41. The highest BCUT2D eigenvalue weighted by Gasteiger charge is 2.32. The topological polar surface area (TPSA) is 50.4 Å². The lowest BCUT2D eigenvalue weighted by Gasteiger charge is -2.37. The Hall–Kier alpha value is -0.910. The van der Waals surface area contributed by atoms with E-state index in [1.807, 2.05) is 24.3 Å². The van der Waals surface area contributed by atoms with Gasteiger partial charge in [-0.25, -0.2) is 0 Å². The van der Waals surface area contributed by atoms with Crippen LogP contribution in [0.2, 0.25) is 0 Å². The zero-order chi connectivity index (χ0) is 14.4. The van der Waals surface area contributed by atoms with Crippen LogP contribution >= 0.6 is 15.9 Å². The molecule has 20 heavy (non-hydrogen) atoms. The average molecular weight is 341 g/mol. The number of hydrogen-bond donors (Lipinski definition) is 2. The zero-order valence-electron chi connectivity index (χ0n) is 11.7. The van der Waals surface area contributed by atoms with Crippen molar-refractivity contribution in [3.05, 3.63) is 34.3 Å². The zero-order valence-corrected chi connectivity index (χ0v) is 13.3. The highest BCUT2D eigenvalue weighted by atomic mass is 79.9. The number of benzene rings is 1. The van der Waals surface area contributed by atoms with Crippen LogP contribution in [0, 0.1) is 5.41 Å². The van der Waals surface area contributed by atoms with Crippen LogP contribution in [0.25, 0.3) is 0 Å². The molecule has 0 radical (unpaired) electrons. The molecule has 1 amide bonds. The molecule has 1 aromatic carbocycles. The van der Waals surface area contributed by atoms with Crippen molar-refractivity contribution >= 4 is 21.8 Å². The van der Waals surface area contributed by atoms with Gasteiger partial charge in [0.05, 0.1) is 6.61 Å². The second-order valence-corrected chi connectivity index (χ2v) is 6.29. The first-order valence-electron chi connectivity index (χ1n) is 6.89. The summed E-state index contributed by atoms with van der Waals surface area (Å²) in [6.45, 7) is 3.32. The van der Waals surface area contributed by atoms with Gasteiger partial charge in [0.2, 0.25) is 0 Å². The van der Waals surface area contributed by atoms with Gasteiger partial charge in [0.25, 0.3) is 5.91 Å². The molecule has 2 rings (SSSR count). The highest BCUT2D eigenvalue weighted by molar-refractivity contribution is 9.10. The Bertz CT molecular complexity index is 436. The van der Waals surface area contributed by atoms with Crippen molar-refractivity contribution in [2.45, 2.75) is 12.8 Å². The number of methoxy groups -OCH3 is 1. The average Bonchev–Trinajstić information content (AvgIpc) is 2.47. The smallest absolute Gasteiger partial charge is 0.251 e. The highest BCUT2D eigenvalue weighted by Crippen LogP contribution is 2.28. The lowest BCUT2D eigenvalue weighted by Crippen LogP contribution is -2.47. The molecule has 4 nitrogen and oxygen atoms in total. The number of carbonyl (C=O) groups excluding carboxylic acids is 1. The SMILES string of the molecule is COCC1(CNC(=O)c2ccc(Br)cc2)CCNCC1. The van der Waals surface area contributed by atoms with Crippen LogP contribution in [0.5, 0.6) is 0 Å². The van der Waals surface area contributed by atoms with E-state index in [9.17, 15) is 4.79 Å². The minimum absolute atomic E-state index is 0.0217. The van der Waals surface area contributed by atoms with Crippen LogP contribution in [0.3, 0.4) is 0 Å². The van der Waals surface area contributed by atoms with Gasteiger partial charge in [-0.3, -0.25) is 4.79 Å². The van der Waals surface area contributed by atoms with Gasteiger partial charge in [-0.1, -0.05) is 15.9 Å².